The number of amides is 1. The molecule has 3 aromatic rings. The molecular formula is C20H23N7O. The Morgan fingerprint density at radius 2 is 1.93 bits per heavy atom. The maximum Gasteiger partial charge on any atom is 0.269 e. The van der Waals surface area contributed by atoms with Crippen molar-refractivity contribution >= 4 is 11.7 Å². The van der Waals surface area contributed by atoms with Gasteiger partial charge in [0.25, 0.3) is 5.91 Å². The number of carbonyl (C=O) groups excluding carboxylic acids is 1. The van der Waals surface area contributed by atoms with Gasteiger partial charge in [-0.3, -0.25) is 14.5 Å². The van der Waals surface area contributed by atoms with E-state index in [4.69, 9.17) is 0 Å². The van der Waals surface area contributed by atoms with Gasteiger partial charge in [0.05, 0.1) is 5.69 Å². The first kappa shape index (κ1) is 18.1. The first-order valence-corrected chi connectivity index (χ1v) is 9.34. The molecule has 0 spiro atoms. The van der Waals surface area contributed by atoms with Crippen LogP contribution >= 0.6 is 0 Å². The van der Waals surface area contributed by atoms with Crippen LogP contribution in [0, 0.1) is 0 Å². The second-order valence-electron chi connectivity index (χ2n) is 6.72. The summed E-state index contributed by atoms with van der Waals surface area (Å²) >= 11 is 0. The average molecular weight is 377 g/mol. The largest absolute Gasteiger partial charge is 0.354 e. The van der Waals surface area contributed by atoms with Crippen molar-refractivity contribution in [1.82, 2.24) is 30.4 Å². The molecule has 0 radical (unpaired) electrons. The molecule has 4 heterocycles. The Balaban J connectivity index is 1.43. The second-order valence-corrected chi connectivity index (χ2v) is 6.72. The summed E-state index contributed by atoms with van der Waals surface area (Å²) in [6.45, 7) is 4.24. The number of nitrogens with zero attached hydrogens (tertiary/aromatic N) is 5. The summed E-state index contributed by atoms with van der Waals surface area (Å²) in [5.41, 5.74) is 3.22. The molecule has 4 rings (SSSR count). The summed E-state index contributed by atoms with van der Waals surface area (Å²) in [5, 5.41) is 10.8. The lowest BCUT2D eigenvalue weighted by atomic mass is 10.2. The van der Waals surface area contributed by atoms with E-state index >= 15 is 0 Å². The molecule has 1 amide bonds. The topological polar surface area (TPSA) is 88.0 Å². The van der Waals surface area contributed by atoms with Crippen molar-refractivity contribution in [3.63, 3.8) is 0 Å². The SMILES string of the molecule is Cn1nc(-c2ccncc2)cc1C(=O)NCc1ccnc(N2CCNCC2)c1. The molecule has 8 heteroatoms. The van der Waals surface area contributed by atoms with Crippen LogP contribution in [0.3, 0.4) is 0 Å². The van der Waals surface area contributed by atoms with Crippen molar-refractivity contribution in [1.29, 1.82) is 0 Å². The molecular weight excluding hydrogens is 354 g/mol. The number of aryl methyl sites for hydroxylation is 1. The Morgan fingerprint density at radius 3 is 2.71 bits per heavy atom. The van der Waals surface area contributed by atoms with Crippen LogP contribution in [0.15, 0.2) is 48.9 Å². The van der Waals surface area contributed by atoms with Crippen molar-refractivity contribution < 1.29 is 4.79 Å². The third-order valence-electron chi connectivity index (χ3n) is 4.79. The minimum atomic E-state index is -0.157. The van der Waals surface area contributed by atoms with Crippen LogP contribution in [0.2, 0.25) is 0 Å². The summed E-state index contributed by atoms with van der Waals surface area (Å²) in [6.07, 6.45) is 5.22. The Hall–Kier alpha value is -3.26. The number of piperazine rings is 1. The van der Waals surface area contributed by atoms with E-state index in [1.165, 1.54) is 0 Å². The fourth-order valence-corrected chi connectivity index (χ4v) is 3.25. The lowest BCUT2D eigenvalue weighted by Crippen LogP contribution is -2.43. The summed E-state index contributed by atoms with van der Waals surface area (Å²) in [6, 6.07) is 9.51. The quantitative estimate of drug-likeness (QED) is 0.695. The third-order valence-corrected chi connectivity index (χ3v) is 4.79. The molecule has 28 heavy (non-hydrogen) atoms. The van der Waals surface area contributed by atoms with Gasteiger partial charge in [0.15, 0.2) is 0 Å². The van der Waals surface area contributed by atoms with E-state index in [0.29, 0.717) is 12.2 Å². The highest BCUT2D eigenvalue weighted by atomic mass is 16.2. The zero-order chi connectivity index (χ0) is 19.3. The third kappa shape index (κ3) is 4.01. The van der Waals surface area contributed by atoms with Gasteiger partial charge in [-0.05, 0) is 35.9 Å². The number of carbonyl (C=O) groups is 1. The Bertz CT molecular complexity index is 948. The molecule has 1 aliphatic rings. The van der Waals surface area contributed by atoms with Crippen molar-refractivity contribution in [2.45, 2.75) is 6.54 Å². The first-order chi connectivity index (χ1) is 13.7. The van der Waals surface area contributed by atoms with Crippen molar-refractivity contribution in [2.75, 3.05) is 31.1 Å². The maximum atomic E-state index is 12.7. The zero-order valence-electron chi connectivity index (χ0n) is 15.8. The van der Waals surface area contributed by atoms with Crippen LogP contribution in [0.25, 0.3) is 11.3 Å². The molecule has 3 aromatic heterocycles. The van der Waals surface area contributed by atoms with Gasteiger partial charge in [-0.15, -0.1) is 0 Å². The van der Waals surface area contributed by atoms with E-state index in [-0.39, 0.29) is 5.91 Å². The average Bonchev–Trinajstić information content (AvgIpc) is 3.15. The van der Waals surface area contributed by atoms with Gasteiger partial charge >= 0.3 is 0 Å². The van der Waals surface area contributed by atoms with E-state index in [1.54, 1.807) is 36.4 Å². The number of hydrogen-bond donors (Lipinski definition) is 2. The van der Waals surface area contributed by atoms with Crippen LogP contribution in [-0.2, 0) is 13.6 Å². The smallest absolute Gasteiger partial charge is 0.269 e. The molecule has 1 fully saturated rings. The van der Waals surface area contributed by atoms with Crippen LogP contribution in [0.5, 0.6) is 0 Å². The minimum Gasteiger partial charge on any atom is -0.354 e. The minimum absolute atomic E-state index is 0.157. The fraction of sp³-hybridized carbons (Fsp3) is 0.300. The van der Waals surface area contributed by atoms with Crippen LogP contribution < -0.4 is 15.5 Å². The highest BCUT2D eigenvalue weighted by Crippen LogP contribution is 2.18. The number of nitrogens with one attached hydrogen (secondary N) is 2. The number of rotatable bonds is 5. The monoisotopic (exact) mass is 377 g/mol. The predicted octanol–water partition coefficient (Wildman–Crippen LogP) is 1.22. The van der Waals surface area contributed by atoms with Crippen LogP contribution in [-0.4, -0.2) is 51.8 Å². The second kappa shape index (κ2) is 8.18. The van der Waals surface area contributed by atoms with E-state index in [2.05, 4.69) is 30.6 Å². The summed E-state index contributed by atoms with van der Waals surface area (Å²) < 4.78 is 1.60. The number of hydrogen-bond acceptors (Lipinski definition) is 6. The zero-order valence-corrected chi connectivity index (χ0v) is 15.8. The highest BCUT2D eigenvalue weighted by molar-refractivity contribution is 5.93. The van der Waals surface area contributed by atoms with Crippen molar-refractivity contribution in [2.24, 2.45) is 7.05 Å². The molecule has 0 bridgehead atoms. The lowest BCUT2D eigenvalue weighted by molar-refractivity contribution is 0.0941. The molecule has 0 saturated carbocycles. The molecule has 0 unspecified atom stereocenters. The van der Waals surface area contributed by atoms with E-state index < -0.39 is 0 Å². The van der Waals surface area contributed by atoms with Gasteiger partial charge in [0.2, 0.25) is 0 Å². The Morgan fingerprint density at radius 1 is 1.14 bits per heavy atom. The molecule has 0 atom stereocenters. The normalized spacial score (nSPS) is 14.1. The van der Waals surface area contributed by atoms with E-state index in [0.717, 1.165) is 48.8 Å². The van der Waals surface area contributed by atoms with Crippen molar-refractivity contribution in [3.8, 4) is 11.3 Å². The maximum absolute atomic E-state index is 12.7. The standard InChI is InChI=1S/C20H23N7O/c1-26-18(13-17(25-26)16-3-5-21-6-4-16)20(28)24-14-15-2-7-23-19(12-15)27-10-8-22-9-11-27/h2-7,12-13,22H,8-11,14H2,1H3,(H,24,28). The van der Waals surface area contributed by atoms with Gasteiger partial charge in [0.1, 0.15) is 11.5 Å². The molecule has 8 nitrogen and oxygen atoms in total. The van der Waals surface area contributed by atoms with E-state index in [9.17, 15) is 4.79 Å². The number of aromatic nitrogens is 4. The van der Waals surface area contributed by atoms with E-state index in [1.807, 2.05) is 24.3 Å². The van der Waals surface area contributed by atoms with Crippen molar-refractivity contribution in [3.05, 3.63) is 60.2 Å². The fourth-order valence-electron chi connectivity index (χ4n) is 3.25. The molecule has 1 saturated heterocycles. The highest BCUT2D eigenvalue weighted by Gasteiger charge is 2.15. The summed E-state index contributed by atoms with van der Waals surface area (Å²) in [4.78, 5) is 23.4. The van der Waals surface area contributed by atoms with Crippen LogP contribution in [0.4, 0.5) is 5.82 Å². The molecule has 144 valence electrons. The number of anilines is 1. The van der Waals surface area contributed by atoms with Gasteiger partial charge in [-0.2, -0.15) is 5.10 Å². The molecule has 1 aliphatic heterocycles. The Labute approximate surface area is 163 Å². The Kier molecular flexibility index (Phi) is 5.29. The predicted molar refractivity (Wildman–Crippen MR) is 107 cm³/mol. The lowest BCUT2D eigenvalue weighted by Gasteiger charge is -2.28. The van der Waals surface area contributed by atoms with Gasteiger partial charge in [-0.1, -0.05) is 0 Å². The van der Waals surface area contributed by atoms with Gasteiger partial charge in [0, 0.05) is 63.9 Å². The summed E-state index contributed by atoms with van der Waals surface area (Å²) in [7, 11) is 1.77. The summed E-state index contributed by atoms with van der Waals surface area (Å²) in [5.74, 6) is 0.796. The van der Waals surface area contributed by atoms with Gasteiger partial charge < -0.3 is 15.5 Å². The molecule has 0 aromatic carbocycles. The first-order valence-electron chi connectivity index (χ1n) is 9.34. The van der Waals surface area contributed by atoms with Crippen LogP contribution in [0.1, 0.15) is 16.1 Å². The molecule has 2 N–H and O–H groups in total. The number of pyridine rings is 2. The molecule has 0 aliphatic carbocycles. The van der Waals surface area contributed by atoms with Gasteiger partial charge in [-0.25, -0.2) is 4.98 Å².